The van der Waals surface area contributed by atoms with Crippen LogP contribution in [0.3, 0.4) is 0 Å². The number of nitrogens with one attached hydrogen (secondary N) is 2. The molecule has 0 unspecified atom stereocenters. The van der Waals surface area contributed by atoms with E-state index in [0.29, 0.717) is 0 Å². The zero-order chi connectivity index (χ0) is 20.6. The Morgan fingerprint density at radius 2 is 2.11 bits per heavy atom. The van der Waals surface area contributed by atoms with Crippen LogP contribution < -0.4 is 10.6 Å². The van der Waals surface area contributed by atoms with Crippen molar-refractivity contribution in [1.82, 2.24) is 10.6 Å². The number of rotatable bonds is 4. The SMILES string of the molecule is CCOC(=O)[C@H]1[C@@H](c2cc([N+](=O)[O-])ccc2O)NC(=S)N[C@]1(O)C(F)(F)F. The molecule has 1 fully saturated rings. The van der Waals surface area contributed by atoms with Crippen molar-refractivity contribution in [1.29, 1.82) is 0 Å². The fraction of sp³-hybridized carbons (Fsp3) is 0.429. The van der Waals surface area contributed by atoms with Gasteiger partial charge in [-0.05, 0) is 25.2 Å². The first-order chi connectivity index (χ1) is 12.4. The van der Waals surface area contributed by atoms with E-state index in [2.05, 4.69) is 22.3 Å². The highest BCUT2D eigenvalue weighted by Crippen LogP contribution is 2.45. The molecule has 1 aliphatic rings. The average molecular weight is 409 g/mol. The third kappa shape index (κ3) is 3.73. The fourth-order valence-electron chi connectivity index (χ4n) is 2.70. The lowest BCUT2D eigenvalue weighted by atomic mass is 9.81. The lowest BCUT2D eigenvalue weighted by Gasteiger charge is -2.45. The number of alkyl halides is 3. The van der Waals surface area contributed by atoms with Gasteiger partial charge >= 0.3 is 12.1 Å². The molecule has 0 saturated carbocycles. The number of hydrogen-bond donors (Lipinski definition) is 4. The molecule has 1 aromatic rings. The van der Waals surface area contributed by atoms with Gasteiger partial charge in [0.1, 0.15) is 11.7 Å². The van der Waals surface area contributed by atoms with Crippen LogP contribution in [0.25, 0.3) is 0 Å². The maximum Gasteiger partial charge on any atom is 0.437 e. The molecule has 3 atom stereocenters. The third-order valence-electron chi connectivity index (χ3n) is 3.90. The van der Waals surface area contributed by atoms with Gasteiger partial charge in [-0.15, -0.1) is 0 Å². The zero-order valence-electron chi connectivity index (χ0n) is 13.6. The molecule has 0 spiro atoms. The summed E-state index contributed by atoms with van der Waals surface area (Å²) in [7, 11) is 0. The van der Waals surface area contributed by atoms with Gasteiger partial charge in [0.2, 0.25) is 0 Å². The number of thiocarbonyl (C=S) groups is 1. The second kappa shape index (κ2) is 7.15. The van der Waals surface area contributed by atoms with Crippen molar-refractivity contribution in [3.8, 4) is 5.75 Å². The van der Waals surface area contributed by atoms with Crippen molar-refractivity contribution in [2.75, 3.05) is 6.61 Å². The predicted molar refractivity (Wildman–Crippen MR) is 87.5 cm³/mol. The number of benzene rings is 1. The number of nitrogens with zero attached hydrogens (tertiary/aromatic N) is 1. The molecule has 0 radical (unpaired) electrons. The standard InChI is InChI=1S/C14H14F3N3O6S/c1-2-26-11(22)9-10(7-5-6(20(24)25)3-4-8(7)21)18-12(27)19-13(9,23)14(15,16)17/h3-5,9-10,21,23H,2H2,1H3,(H2,18,19,27)/t9-,10-,13-/m1/s1. The number of nitro benzene ring substituents is 1. The summed E-state index contributed by atoms with van der Waals surface area (Å²) >= 11 is 4.68. The average Bonchev–Trinajstić information content (AvgIpc) is 2.53. The molecule has 27 heavy (non-hydrogen) atoms. The minimum absolute atomic E-state index is 0.290. The summed E-state index contributed by atoms with van der Waals surface area (Å²) in [4.78, 5) is 22.4. The Hall–Kier alpha value is -2.67. The molecule has 4 N–H and O–H groups in total. The van der Waals surface area contributed by atoms with E-state index in [1.165, 1.54) is 6.92 Å². The Balaban J connectivity index is 2.68. The Morgan fingerprint density at radius 1 is 1.48 bits per heavy atom. The lowest BCUT2D eigenvalue weighted by Crippen LogP contribution is -2.73. The van der Waals surface area contributed by atoms with Gasteiger partial charge in [-0.3, -0.25) is 14.9 Å². The molecule has 1 aromatic carbocycles. The Labute approximate surface area is 155 Å². The maximum absolute atomic E-state index is 13.6. The van der Waals surface area contributed by atoms with E-state index in [1.807, 2.05) is 0 Å². The van der Waals surface area contributed by atoms with Crippen molar-refractivity contribution in [2.24, 2.45) is 5.92 Å². The molecule has 9 nitrogen and oxygen atoms in total. The Bertz CT molecular complexity index is 790. The maximum atomic E-state index is 13.6. The second-order valence-corrected chi connectivity index (χ2v) is 5.98. The molecule has 0 amide bonds. The van der Waals surface area contributed by atoms with E-state index in [1.54, 1.807) is 5.32 Å². The van der Waals surface area contributed by atoms with Crippen LogP contribution in [0.15, 0.2) is 18.2 Å². The summed E-state index contributed by atoms with van der Waals surface area (Å²) < 4.78 is 45.3. The van der Waals surface area contributed by atoms with E-state index in [9.17, 15) is 38.3 Å². The molecule has 2 rings (SSSR count). The number of phenols is 1. The largest absolute Gasteiger partial charge is 0.508 e. The number of halogens is 3. The fourth-order valence-corrected chi connectivity index (χ4v) is 2.98. The van der Waals surface area contributed by atoms with Crippen LogP contribution in [0, 0.1) is 16.0 Å². The summed E-state index contributed by atoms with van der Waals surface area (Å²) in [6.45, 7) is 1.06. The van der Waals surface area contributed by atoms with Crippen molar-refractivity contribution in [3.63, 3.8) is 0 Å². The first-order valence-corrected chi connectivity index (χ1v) is 7.85. The van der Waals surface area contributed by atoms with E-state index >= 15 is 0 Å². The van der Waals surface area contributed by atoms with Gasteiger partial charge in [-0.2, -0.15) is 13.2 Å². The van der Waals surface area contributed by atoms with Crippen LogP contribution >= 0.6 is 12.2 Å². The summed E-state index contributed by atoms with van der Waals surface area (Å²) in [6, 6.07) is 0.830. The van der Waals surface area contributed by atoms with Crippen molar-refractivity contribution in [2.45, 2.75) is 24.9 Å². The summed E-state index contributed by atoms with van der Waals surface area (Å²) in [6.07, 6.45) is -5.37. The number of phenolic OH excluding ortho intramolecular Hbond substituents is 1. The number of carbonyl (C=O) groups excluding carboxylic acids is 1. The number of carbonyl (C=O) groups is 1. The lowest BCUT2D eigenvalue weighted by molar-refractivity contribution is -0.385. The quantitative estimate of drug-likeness (QED) is 0.251. The van der Waals surface area contributed by atoms with Crippen LogP contribution in [0.4, 0.5) is 18.9 Å². The van der Waals surface area contributed by atoms with Crippen molar-refractivity contribution >= 4 is 29.0 Å². The molecule has 0 bridgehead atoms. The third-order valence-corrected chi connectivity index (χ3v) is 4.12. The van der Waals surface area contributed by atoms with Gasteiger partial charge in [0.15, 0.2) is 5.11 Å². The van der Waals surface area contributed by atoms with Gasteiger partial charge in [0.25, 0.3) is 11.4 Å². The molecular formula is C14H14F3N3O6S. The molecule has 1 heterocycles. The highest BCUT2D eigenvalue weighted by molar-refractivity contribution is 7.80. The summed E-state index contributed by atoms with van der Waals surface area (Å²) in [5, 5.41) is 34.5. The van der Waals surface area contributed by atoms with E-state index in [4.69, 9.17) is 0 Å². The first-order valence-electron chi connectivity index (χ1n) is 7.44. The second-order valence-electron chi connectivity index (χ2n) is 5.57. The number of hydrogen-bond acceptors (Lipinski definition) is 7. The van der Waals surface area contributed by atoms with Crippen LogP contribution in [0.1, 0.15) is 18.5 Å². The molecule has 1 saturated heterocycles. The minimum Gasteiger partial charge on any atom is -0.508 e. The number of esters is 1. The van der Waals surface area contributed by atoms with Gasteiger partial charge in [0, 0.05) is 17.7 Å². The zero-order valence-corrected chi connectivity index (χ0v) is 14.4. The number of non-ortho nitro benzene ring substituents is 1. The smallest absolute Gasteiger partial charge is 0.437 e. The minimum atomic E-state index is -5.37. The molecule has 0 aliphatic carbocycles. The van der Waals surface area contributed by atoms with E-state index < -0.39 is 56.9 Å². The van der Waals surface area contributed by atoms with E-state index in [-0.39, 0.29) is 6.61 Å². The Kier molecular flexibility index (Phi) is 5.47. The van der Waals surface area contributed by atoms with Crippen LogP contribution in [0.2, 0.25) is 0 Å². The molecule has 1 aliphatic heterocycles. The monoisotopic (exact) mass is 409 g/mol. The van der Waals surface area contributed by atoms with Crippen LogP contribution in [0.5, 0.6) is 5.75 Å². The number of nitro groups is 1. The van der Waals surface area contributed by atoms with Gasteiger partial charge < -0.3 is 25.6 Å². The normalized spacial score (nSPS) is 25.3. The van der Waals surface area contributed by atoms with Crippen molar-refractivity contribution < 1.29 is 37.8 Å². The highest BCUT2D eigenvalue weighted by atomic mass is 32.1. The molecular weight excluding hydrogens is 395 g/mol. The summed E-state index contributed by atoms with van der Waals surface area (Å²) in [5.41, 5.74) is -4.82. The van der Waals surface area contributed by atoms with Crippen molar-refractivity contribution in [3.05, 3.63) is 33.9 Å². The molecule has 13 heteroatoms. The van der Waals surface area contributed by atoms with Gasteiger partial charge in [-0.1, -0.05) is 0 Å². The first kappa shape index (κ1) is 20.6. The van der Waals surface area contributed by atoms with Gasteiger partial charge in [0.05, 0.1) is 17.6 Å². The molecule has 0 aromatic heterocycles. The summed E-state index contributed by atoms with van der Waals surface area (Å²) in [5.74, 6) is -4.45. The number of aliphatic hydroxyl groups is 1. The molecule has 148 valence electrons. The Morgan fingerprint density at radius 3 is 2.63 bits per heavy atom. The number of ether oxygens (including phenoxy) is 1. The van der Waals surface area contributed by atoms with Gasteiger partial charge in [-0.25, -0.2) is 0 Å². The topological polar surface area (TPSA) is 134 Å². The van der Waals surface area contributed by atoms with E-state index in [0.717, 1.165) is 18.2 Å². The number of aromatic hydroxyl groups is 1. The highest BCUT2D eigenvalue weighted by Gasteiger charge is 2.66. The van der Waals surface area contributed by atoms with Crippen LogP contribution in [-0.4, -0.2) is 44.7 Å². The van der Waals surface area contributed by atoms with Crippen LogP contribution in [-0.2, 0) is 9.53 Å². The predicted octanol–water partition coefficient (Wildman–Crippen LogP) is 1.25.